The summed E-state index contributed by atoms with van der Waals surface area (Å²) in [6.45, 7) is 8.31. The van der Waals surface area contributed by atoms with Gasteiger partial charge in [0.2, 0.25) is 0 Å². The van der Waals surface area contributed by atoms with Gasteiger partial charge in [0.15, 0.2) is 5.82 Å². The molecule has 68 valence electrons. The Morgan fingerprint density at radius 1 is 1.33 bits per heavy atom. The minimum atomic E-state index is 0.375. The first-order chi connectivity index (χ1) is 5.59. The molecule has 0 atom stereocenters. The van der Waals surface area contributed by atoms with Crippen LogP contribution in [-0.2, 0) is 0 Å². The van der Waals surface area contributed by atoms with Crippen LogP contribution in [0.4, 0.5) is 5.82 Å². The number of rotatable bonds is 3. The molecule has 0 bridgehead atoms. The molecule has 0 spiro atoms. The Kier molecular flexibility index (Phi) is 2.68. The van der Waals surface area contributed by atoms with Crippen LogP contribution in [0.5, 0.6) is 0 Å². The molecule has 1 aromatic heterocycles. The molecule has 0 saturated carbocycles. The van der Waals surface area contributed by atoms with E-state index >= 15 is 0 Å². The van der Waals surface area contributed by atoms with Gasteiger partial charge in [-0.3, -0.25) is 0 Å². The number of anilines is 1. The standard InChI is InChI=1S/C8H16N4/c1-6(2)9-8-5-12(7(3)4)11-10-8/h5-7,9H,1-4H3. The molecular weight excluding hydrogens is 152 g/mol. The van der Waals surface area contributed by atoms with E-state index in [-0.39, 0.29) is 0 Å². The molecule has 4 heteroatoms. The van der Waals surface area contributed by atoms with E-state index in [0.29, 0.717) is 12.1 Å². The lowest BCUT2D eigenvalue weighted by atomic mass is 10.4. The van der Waals surface area contributed by atoms with E-state index in [1.807, 2.05) is 10.9 Å². The summed E-state index contributed by atoms with van der Waals surface area (Å²) >= 11 is 0. The second-order valence-corrected chi connectivity index (χ2v) is 3.48. The highest BCUT2D eigenvalue weighted by atomic mass is 15.4. The quantitative estimate of drug-likeness (QED) is 0.746. The van der Waals surface area contributed by atoms with Gasteiger partial charge >= 0.3 is 0 Å². The van der Waals surface area contributed by atoms with Gasteiger partial charge in [-0.05, 0) is 27.7 Å². The molecule has 0 aliphatic rings. The molecule has 1 aromatic rings. The van der Waals surface area contributed by atoms with Crippen LogP contribution in [-0.4, -0.2) is 21.0 Å². The Hall–Kier alpha value is -1.06. The predicted molar refractivity (Wildman–Crippen MR) is 49.2 cm³/mol. The van der Waals surface area contributed by atoms with Crippen molar-refractivity contribution >= 4 is 5.82 Å². The maximum Gasteiger partial charge on any atom is 0.168 e. The summed E-state index contributed by atoms with van der Waals surface area (Å²) in [6.07, 6.45) is 1.92. The number of hydrogen-bond donors (Lipinski definition) is 1. The van der Waals surface area contributed by atoms with Crippen LogP contribution >= 0.6 is 0 Å². The molecule has 1 N–H and O–H groups in total. The van der Waals surface area contributed by atoms with Gasteiger partial charge in [-0.2, -0.15) is 0 Å². The second-order valence-electron chi connectivity index (χ2n) is 3.48. The van der Waals surface area contributed by atoms with E-state index in [4.69, 9.17) is 0 Å². The zero-order chi connectivity index (χ0) is 9.14. The molecule has 1 rings (SSSR count). The van der Waals surface area contributed by atoms with Gasteiger partial charge in [0.05, 0.1) is 6.20 Å². The Bertz CT molecular complexity index is 239. The maximum absolute atomic E-state index is 3.98. The molecule has 12 heavy (non-hydrogen) atoms. The van der Waals surface area contributed by atoms with Gasteiger partial charge in [0, 0.05) is 12.1 Å². The summed E-state index contributed by atoms with van der Waals surface area (Å²) in [5, 5.41) is 11.1. The minimum Gasteiger partial charge on any atom is -0.365 e. The summed E-state index contributed by atoms with van der Waals surface area (Å²) in [6, 6.07) is 0.780. The lowest BCUT2D eigenvalue weighted by molar-refractivity contribution is 0.514. The summed E-state index contributed by atoms with van der Waals surface area (Å²) < 4.78 is 1.84. The van der Waals surface area contributed by atoms with Crippen molar-refractivity contribution in [2.24, 2.45) is 0 Å². The van der Waals surface area contributed by atoms with Gasteiger partial charge in [-0.15, -0.1) is 5.10 Å². The van der Waals surface area contributed by atoms with E-state index in [1.165, 1.54) is 0 Å². The lowest BCUT2D eigenvalue weighted by Crippen LogP contribution is -2.09. The van der Waals surface area contributed by atoms with Gasteiger partial charge in [-0.25, -0.2) is 4.68 Å². The third kappa shape index (κ3) is 2.22. The van der Waals surface area contributed by atoms with Crippen molar-refractivity contribution in [2.75, 3.05) is 5.32 Å². The molecule has 1 heterocycles. The molecule has 4 nitrogen and oxygen atoms in total. The van der Waals surface area contributed by atoms with Crippen molar-refractivity contribution in [2.45, 2.75) is 39.8 Å². The second kappa shape index (κ2) is 3.56. The molecular formula is C8H16N4. The average Bonchev–Trinajstić information content (AvgIpc) is 2.34. The minimum absolute atomic E-state index is 0.375. The Balaban J connectivity index is 2.64. The van der Waals surface area contributed by atoms with Crippen molar-refractivity contribution in [3.63, 3.8) is 0 Å². The van der Waals surface area contributed by atoms with Crippen LogP contribution in [0.1, 0.15) is 33.7 Å². The smallest absolute Gasteiger partial charge is 0.168 e. The van der Waals surface area contributed by atoms with E-state index in [2.05, 4.69) is 43.3 Å². The summed E-state index contributed by atoms with van der Waals surface area (Å²) in [5.41, 5.74) is 0. The van der Waals surface area contributed by atoms with E-state index in [1.54, 1.807) is 0 Å². The number of nitrogens with one attached hydrogen (secondary N) is 1. The van der Waals surface area contributed by atoms with Crippen LogP contribution in [0.3, 0.4) is 0 Å². The van der Waals surface area contributed by atoms with Crippen LogP contribution in [0.25, 0.3) is 0 Å². The highest BCUT2D eigenvalue weighted by molar-refractivity contribution is 5.30. The first-order valence-corrected chi connectivity index (χ1v) is 4.28. The normalized spacial score (nSPS) is 11.2. The van der Waals surface area contributed by atoms with E-state index in [0.717, 1.165) is 5.82 Å². The highest BCUT2D eigenvalue weighted by Crippen LogP contribution is 2.06. The molecule has 0 aliphatic heterocycles. The molecule has 0 radical (unpaired) electrons. The third-order valence-corrected chi connectivity index (χ3v) is 1.48. The van der Waals surface area contributed by atoms with E-state index in [9.17, 15) is 0 Å². The fraction of sp³-hybridized carbons (Fsp3) is 0.750. The fourth-order valence-corrected chi connectivity index (χ4v) is 0.891. The Morgan fingerprint density at radius 3 is 2.42 bits per heavy atom. The van der Waals surface area contributed by atoms with Crippen LogP contribution in [0, 0.1) is 0 Å². The first-order valence-electron chi connectivity index (χ1n) is 4.28. The average molecular weight is 168 g/mol. The third-order valence-electron chi connectivity index (χ3n) is 1.48. The molecule has 0 amide bonds. The fourth-order valence-electron chi connectivity index (χ4n) is 0.891. The highest BCUT2D eigenvalue weighted by Gasteiger charge is 2.03. The molecule has 0 unspecified atom stereocenters. The topological polar surface area (TPSA) is 42.7 Å². The molecule has 0 aromatic carbocycles. The van der Waals surface area contributed by atoms with Crippen LogP contribution in [0.15, 0.2) is 6.20 Å². The predicted octanol–water partition coefficient (Wildman–Crippen LogP) is 1.68. The Morgan fingerprint density at radius 2 is 2.00 bits per heavy atom. The Labute approximate surface area is 73.0 Å². The van der Waals surface area contributed by atoms with Crippen molar-refractivity contribution < 1.29 is 0 Å². The van der Waals surface area contributed by atoms with E-state index < -0.39 is 0 Å². The van der Waals surface area contributed by atoms with Gasteiger partial charge in [0.25, 0.3) is 0 Å². The molecule has 0 aliphatic carbocycles. The first kappa shape index (κ1) is 9.03. The van der Waals surface area contributed by atoms with Crippen molar-refractivity contribution in [3.8, 4) is 0 Å². The van der Waals surface area contributed by atoms with Gasteiger partial charge in [-0.1, -0.05) is 5.21 Å². The number of hydrogen-bond acceptors (Lipinski definition) is 3. The SMILES string of the molecule is CC(C)Nc1cn(C(C)C)nn1. The largest absolute Gasteiger partial charge is 0.365 e. The van der Waals surface area contributed by atoms with Crippen molar-refractivity contribution in [1.82, 2.24) is 15.0 Å². The molecule has 0 saturated heterocycles. The summed E-state index contributed by atoms with van der Waals surface area (Å²) in [7, 11) is 0. The zero-order valence-corrected chi connectivity index (χ0v) is 8.07. The lowest BCUT2D eigenvalue weighted by Gasteiger charge is -2.04. The van der Waals surface area contributed by atoms with Gasteiger partial charge in [0.1, 0.15) is 0 Å². The van der Waals surface area contributed by atoms with Crippen LogP contribution < -0.4 is 5.32 Å². The van der Waals surface area contributed by atoms with Gasteiger partial charge < -0.3 is 5.32 Å². The number of nitrogens with zero attached hydrogens (tertiary/aromatic N) is 3. The van der Waals surface area contributed by atoms with Crippen molar-refractivity contribution in [3.05, 3.63) is 6.20 Å². The zero-order valence-electron chi connectivity index (χ0n) is 8.07. The molecule has 0 fully saturated rings. The maximum atomic E-state index is 3.98. The van der Waals surface area contributed by atoms with Crippen LogP contribution in [0.2, 0.25) is 0 Å². The summed E-state index contributed by atoms with van der Waals surface area (Å²) in [5.74, 6) is 0.846. The number of aromatic nitrogens is 3. The summed E-state index contributed by atoms with van der Waals surface area (Å²) in [4.78, 5) is 0. The monoisotopic (exact) mass is 168 g/mol. The van der Waals surface area contributed by atoms with Crippen molar-refractivity contribution in [1.29, 1.82) is 0 Å².